The van der Waals surface area contributed by atoms with E-state index >= 15 is 0 Å². The van der Waals surface area contributed by atoms with Crippen LogP contribution in [0.4, 0.5) is 18.9 Å². The Balaban J connectivity index is 1.71. The first kappa shape index (κ1) is 25.0. The molecule has 0 spiro atoms. The number of hydrogen-bond acceptors (Lipinski definition) is 8. The highest BCUT2D eigenvalue weighted by Crippen LogP contribution is 2.39. The quantitative estimate of drug-likeness (QED) is 0.303. The molecule has 0 saturated heterocycles. The lowest BCUT2D eigenvalue weighted by atomic mass is 10.1. The van der Waals surface area contributed by atoms with Crippen LogP contribution in [0.1, 0.15) is 22.3 Å². The highest BCUT2D eigenvalue weighted by atomic mass is 19.4. The number of hydrogen-bond donors (Lipinski definition) is 0. The van der Waals surface area contributed by atoms with E-state index in [4.69, 9.17) is 18.9 Å². The van der Waals surface area contributed by atoms with Crippen LogP contribution in [-0.2, 0) is 16.0 Å². The summed E-state index contributed by atoms with van der Waals surface area (Å²) in [5.74, 6) is 0.195. The Morgan fingerprint density at radius 2 is 1.97 bits per heavy atom. The van der Waals surface area contributed by atoms with Crippen molar-refractivity contribution in [1.82, 2.24) is 19.7 Å². The maximum atomic E-state index is 13.3. The Morgan fingerprint density at radius 3 is 2.67 bits per heavy atom. The number of carbonyl (C=O) groups excluding carboxylic acids is 1. The van der Waals surface area contributed by atoms with E-state index in [-0.39, 0.29) is 30.2 Å². The van der Waals surface area contributed by atoms with Gasteiger partial charge in [0.2, 0.25) is 0 Å². The zero-order valence-electron chi connectivity index (χ0n) is 19.4. The van der Waals surface area contributed by atoms with Gasteiger partial charge in [-0.15, -0.1) is 0 Å². The summed E-state index contributed by atoms with van der Waals surface area (Å²) >= 11 is 0. The fourth-order valence-corrected chi connectivity index (χ4v) is 3.68. The zero-order valence-corrected chi connectivity index (χ0v) is 19.4. The van der Waals surface area contributed by atoms with E-state index < -0.39 is 24.9 Å². The van der Waals surface area contributed by atoms with Gasteiger partial charge >= 0.3 is 6.18 Å². The first-order valence-corrected chi connectivity index (χ1v) is 10.6. The van der Waals surface area contributed by atoms with Crippen molar-refractivity contribution >= 4 is 11.6 Å². The predicted octanol–water partition coefficient (Wildman–Crippen LogP) is 3.76. The second-order valence-corrected chi connectivity index (χ2v) is 7.51. The average Bonchev–Trinajstić information content (AvgIpc) is 3.41. The molecular formula is C23H22F3N5O5. The van der Waals surface area contributed by atoms with Crippen molar-refractivity contribution in [2.45, 2.75) is 18.9 Å². The number of ether oxygens (including phenoxy) is 4. The van der Waals surface area contributed by atoms with Gasteiger partial charge in [-0.3, -0.25) is 14.4 Å². The van der Waals surface area contributed by atoms with E-state index in [0.717, 1.165) is 6.20 Å². The Labute approximate surface area is 203 Å². The first-order valence-electron chi connectivity index (χ1n) is 10.6. The molecule has 36 heavy (non-hydrogen) atoms. The number of rotatable bonds is 10. The third kappa shape index (κ3) is 5.10. The number of pyridine rings is 2. The second kappa shape index (κ2) is 10.2. The third-order valence-electron chi connectivity index (χ3n) is 5.20. The smallest absolute Gasteiger partial charge is 0.408 e. The van der Waals surface area contributed by atoms with Crippen LogP contribution in [0.2, 0.25) is 0 Å². The maximum Gasteiger partial charge on any atom is 0.408 e. The summed E-state index contributed by atoms with van der Waals surface area (Å²) in [6.45, 7) is 2.36. The number of methoxy groups -OCH3 is 2. The number of amides is 1. The summed E-state index contributed by atoms with van der Waals surface area (Å²) in [5, 5.41) is 3.74. The van der Waals surface area contributed by atoms with Gasteiger partial charge in [0.15, 0.2) is 12.0 Å². The van der Waals surface area contributed by atoms with Gasteiger partial charge in [-0.1, -0.05) is 6.58 Å². The largest absolute Gasteiger partial charge is 0.499 e. The Hall–Kier alpha value is -4.13. The molecule has 0 aliphatic carbocycles. The van der Waals surface area contributed by atoms with Crippen LogP contribution in [0.15, 0.2) is 49.6 Å². The molecule has 3 aromatic heterocycles. The van der Waals surface area contributed by atoms with Gasteiger partial charge < -0.3 is 18.9 Å². The minimum Gasteiger partial charge on any atom is -0.499 e. The van der Waals surface area contributed by atoms with E-state index in [9.17, 15) is 18.0 Å². The van der Waals surface area contributed by atoms with Crippen molar-refractivity contribution in [3.8, 4) is 22.9 Å². The van der Waals surface area contributed by atoms with Gasteiger partial charge in [0.25, 0.3) is 11.8 Å². The molecule has 4 rings (SSSR count). The predicted molar refractivity (Wildman–Crippen MR) is 121 cm³/mol. The fourth-order valence-electron chi connectivity index (χ4n) is 3.68. The lowest BCUT2D eigenvalue weighted by molar-refractivity contribution is -0.142. The number of anilines is 1. The topological polar surface area (TPSA) is 101 Å². The molecule has 0 N–H and O–H groups in total. The highest BCUT2D eigenvalue weighted by Gasteiger charge is 2.41. The normalized spacial score (nSPS) is 15.1. The van der Waals surface area contributed by atoms with Crippen LogP contribution in [-0.4, -0.2) is 59.3 Å². The standard InChI is InChI=1S/C23H22F3N5O5/c1-4-35-7-8-36-22-19-16(21(32)31(22)15-11-28-30(12-15)13-23(24,25)26)5-6-17(29-19)14-9-18(33-2)20(34-3)27-10-14/h4-6,9-12,22H,1,7-8,13H2,2-3H3/t22-/m1/s1. The summed E-state index contributed by atoms with van der Waals surface area (Å²) in [4.78, 5) is 23.3. The molecule has 0 unspecified atom stereocenters. The lowest BCUT2D eigenvalue weighted by Crippen LogP contribution is -2.30. The van der Waals surface area contributed by atoms with Crippen molar-refractivity contribution in [3.05, 3.63) is 60.9 Å². The van der Waals surface area contributed by atoms with Gasteiger partial charge in [-0.2, -0.15) is 18.3 Å². The third-order valence-corrected chi connectivity index (χ3v) is 5.20. The summed E-state index contributed by atoms with van der Waals surface area (Å²) in [5.41, 5.74) is 1.72. The highest BCUT2D eigenvalue weighted by molar-refractivity contribution is 6.10. The van der Waals surface area contributed by atoms with Crippen LogP contribution in [0.5, 0.6) is 11.6 Å². The van der Waals surface area contributed by atoms with E-state index in [1.165, 1.54) is 31.6 Å². The molecule has 13 heteroatoms. The second-order valence-electron chi connectivity index (χ2n) is 7.51. The van der Waals surface area contributed by atoms with Crippen molar-refractivity contribution in [3.63, 3.8) is 0 Å². The Bertz CT molecular complexity index is 1260. The van der Waals surface area contributed by atoms with Crippen LogP contribution < -0.4 is 14.4 Å². The van der Waals surface area contributed by atoms with Gasteiger partial charge in [0, 0.05) is 18.0 Å². The molecule has 1 aliphatic rings. The average molecular weight is 505 g/mol. The van der Waals surface area contributed by atoms with E-state index in [2.05, 4.69) is 21.6 Å². The van der Waals surface area contributed by atoms with Crippen LogP contribution in [0.3, 0.4) is 0 Å². The fraction of sp³-hybridized carbons (Fsp3) is 0.304. The number of fused-ring (bicyclic) bond motifs is 1. The molecule has 0 saturated carbocycles. The van der Waals surface area contributed by atoms with Crippen molar-refractivity contribution in [2.75, 3.05) is 32.3 Å². The summed E-state index contributed by atoms with van der Waals surface area (Å²) in [7, 11) is 2.94. The van der Waals surface area contributed by atoms with E-state index in [0.29, 0.717) is 27.6 Å². The molecule has 3 aromatic rings. The molecule has 1 aliphatic heterocycles. The number of alkyl halides is 3. The molecular weight excluding hydrogens is 483 g/mol. The molecule has 0 aromatic carbocycles. The zero-order chi connectivity index (χ0) is 25.9. The minimum absolute atomic E-state index is 0.0560. The van der Waals surface area contributed by atoms with Crippen LogP contribution in [0.25, 0.3) is 11.3 Å². The summed E-state index contributed by atoms with van der Waals surface area (Å²) in [6.07, 6.45) is -0.408. The first-order chi connectivity index (χ1) is 17.3. The number of aromatic nitrogens is 4. The molecule has 10 nitrogen and oxygen atoms in total. The van der Waals surface area contributed by atoms with Gasteiger partial charge in [0.1, 0.15) is 18.8 Å². The molecule has 0 radical (unpaired) electrons. The molecule has 190 valence electrons. The Kier molecular flexibility index (Phi) is 7.10. The maximum absolute atomic E-state index is 13.3. The van der Waals surface area contributed by atoms with Crippen LogP contribution >= 0.6 is 0 Å². The van der Waals surface area contributed by atoms with Crippen LogP contribution in [0, 0.1) is 0 Å². The summed E-state index contributed by atoms with van der Waals surface area (Å²) < 4.78 is 60.6. The van der Waals surface area contributed by atoms with E-state index in [1.54, 1.807) is 24.4 Å². The molecule has 0 bridgehead atoms. The minimum atomic E-state index is -4.47. The number of nitrogens with zero attached hydrogens (tertiary/aromatic N) is 5. The van der Waals surface area contributed by atoms with Crippen molar-refractivity contribution < 1.29 is 36.9 Å². The van der Waals surface area contributed by atoms with Crippen molar-refractivity contribution in [2.24, 2.45) is 0 Å². The molecule has 4 heterocycles. The number of halogens is 3. The summed E-state index contributed by atoms with van der Waals surface area (Å²) in [6, 6.07) is 4.89. The lowest BCUT2D eigenvalue weighted by Gasteiger charge is -2.23. The van der Waals surface area contributed by atoms with E-state index in [1.807, 2.05) is 0 Å². The SMILES string of the molecule is C=COCCO[C@@H]1c2nc(-c3cnc(OC)c(OC)c3)ccc2C(=O)N1c1cnn(CC(F)(F)F)c1. The molecule has 1 atom stereocenters. The Morgan fingerprint density at radius 1 is 1.17 bits per heavy atom. The van der Waals surface area contributed by atoms with Gasteiger partial charge in [-0.05, 0) is 18.2 Å². The number of carbonyl (C=O) groups is 1. The van der Waals surface area contributed by atoms with Gasteiger partial charge in [0.05, 0.1) is 50.2 Å². The van der Waals surface area contributed by atoms with Crippen molar-refractivity contribution in [1.29, 1.82) is 0 Å². The monoisotopic (exact) mass is 505 g/mol. The molecule has 1 amide bonds. The van der Waals surface area contributed by atoms with Gasteiger partial charge in [-0.25, -0.2) is 9.97 Å². The molecule has 0 fully saturated rings.